The molecule has 1 aliphatic carbocycles. The molecule has 0 aromatic heterocycles. The van der Waals surface area contributed by atoms with Crippen molar-refractivity contribution in [2.45, 2.75) is 18.5 Å². The number of ether oxygens (including phenoxy) is 4. The predicted octanol–water partition coefficient (Wildman–Crippen LogP) is 3.32. The average Bonchev–Trinajstić information content (AvgIpc) is 3.74. The van der Waals surface area contributed by atoms with E-state index in [4.69, 9.17) is 18.9 Å². The van der Waals surface area contributed by atoms with Crippen LogP contribution in [0.25, 0.3) is 6.08 Å². The number of hydrogen-bond donors (Lipinski definition) is 3. The third-order valence-corrected chi connectivity index (χ3v) is 7.87. The molecule has 0 saturated carbocycles. The van der Waals surface area contributed by atoms with Gasteiger partial charge in [-0.3, -0.25) is 14.4 Å². The van der Waals surface area contributed by atoms with Crippen molar-refractivity contribution in [3.63, 3.8) is 0 Å². The molecule has 1 fully saturated rings. The molecule has 1 saturated heterocycles. The molecular weight excluding hydrogens is 612 g/mol. The fourth-order valence-electron chi connectivity index (χ4n) is 5.34. The van der Waals surface area contributed by atoms with E-state index in [0.29, 0.717) is 45.1 Å². The first-order valence-electron chi connectivity index (χ1n) is 15.4. The molecule has 0 unspecified atom stereocenters. The Morgan fingerprint density at radius 2 is 1.40 bits per heavy atom. The topological polar surface area (TPSA) is 124 Å². The second-order valence-corrected chi connectivity index (χ2v) is 11.0. The van der Waals surface area contributed by atoms with Gasteiger partial charge in [-0.25, -0.2) is 8.78 Å². The Bertz CT molecular complexity index is 1610. The van der Waals surface area contributed by atoms with Gasteiger partial charge in [0.1, 0.15) is 17.9 Å². The summed E-state index contributed by atoms with van der Waals surface area (Å²) < 4.78 is 50.2. The summed E-state index contributed by atoms with van der Waals surface area (Å²) in [6, 6.07) is 12.5. The van der Waals surface area contributed by atoms with Crippen LogP contribution < -0.4 is 20.7 Å². The molecular formula is C35H37F2N3O7. The second-order valence-electron chi connectivity index (χ2n) is 11.0. The lowest BCUT2D eigenvalue weighted by molar-refractivity contribution is 0.0179. The number of carbonyl (C=O) groups excluding carboxylic acids is 3. The minimum atomic E-state index is -1.33. The minimum absolute atomic E-state index is 0.00913. The van der Waals surface area contributed by atoms with Gasteiger partial charge >= 0.3 is 0 Å². The van der Waals surface area contributed by atoms with E-state index in [1.807, 2.05) is 18.2 Å². The number of methoxy groups -OCH3 is 1. The highest BCUT2D eigenvalue weighted by atomic mass is 19.2. The van der Waals surface area contributed by atoms with E-state index in [9.17, 15) is 23.2 Å². The summed E-state index contributed by atoms with van der Waals surface area (Å²) in [6.45, 7) is 2.63. The van der Waals surface area contributed by atoms with E-state index in [0.717, 1.165) is 23.6 Å². The van der Waals surface area contributed by atoms with Crippen LogP contribution in [0.1, 0.15) is 47.8 Å². The van der Waals surface area contributed by atoms with Gasteiger partial charge in [0, 0.05) is 36.9 Å². The van der Waals surface area contributed by atoms with E-state index >= 15 is 0 Å². The molecule has 12 heteroatoms. The quantitative estimate of drug-likeness (QED) is 0.160. The first kappa shape index (κ1) is 33.9. The number of nitrogens with one attached hydrogen (secondary N) is 3. The Labute approximate surface area is 271 Å². The summed E-state index contributed by atoms with van der Waals surface area (Å²) in [5.74, 6) is -4.10. The summed E-state index contributed by atoms with van der Waals surface area (Å²) in [5.41, 5.74) is 2.50. The van der Waals surface area contributed by atoms with Crippen LogP contribution in [-0.2, 0) is 20.6 Å². The zero-order chi connectivity index (χ0) is 33.2. The standard InChI is InChI=1S/C35H37F2N3O7/c1-44-13-14-45-15-16-46-17-18-47-30-12-11-27(36)32(37)31(30)33(41)23-6-8-24(9-7-23)34(42)39-28-20-38-21-29(28)40-35(43)26-10-5-22-3-2-4-25(22)19-26/h2-3,5-12,19,28-29,38H,4,13-18,20-21H2,1H3,(H,39,42)(H,40,43)/t28-,29+/m1/s1. The van der Waals surface area contributed by atoms with Crippen molar-refractivity contribution in [3.05, 3.63) is 106 Å². The molecule has 2 amide bonds. The summed E-state index contributed by atoms with van der Waals surface area (Å²) in [6.07, 6.45) is 4.87. The summed E-state index contributed by atoms with van der Waals surface area (Å²) >= 11 is 0. The summed E-state index contributed by atoms with van der Waals surface area (Å²) in [7, 11) is 1.58. The van der Waals surface area contributed by atoms with Crippen LogP contribution in [0.4, 0.5) is 8.78 Å². The van der Waals surface area contributed by atoms with Crippen molar-refractivity contribution in [3.8, 4) is 5.75 Å². The zero-order valence-corrected chi connectivity index (χ0v) is 26.0. The Kier molecular flexibility index (Phi) is 11.8. The number of rotatable bonds is 16. The second kappa shape index (κ2) is 16.4. The van der Waals surface area contributed by atoms with Gasteiger partial charge in [-0.2, -0.15) is 0 Å². The van der Waals surface area contributed by atoms with Crippen molar-refractivity contribution in [1.82, 2.24) is 16.0 Å². The monoisotopic (exact) mass is 649 g/mol. The Morgan fingerprint density at radius 1 is 0.787 bits per heavy atom. The predicted molar refractivity (Wildman–Crippen MR) is 170 cm³/mol. The molecule has 3 aromatic carbocycles. The molecule has 3 N–H and O–H groups in total. The maximum absolute atomic E-state index is 14.9. The fraction of sp³-hybridized carbons (Fsp3) is 0.343. The highest BCUT2D eigenvalue weighted by Gasteiger charge is 2.30. The van der Waals surface area contributed by atoms with Crippen LogP contribution in [0.2, 0.25) is 0 Å². The SMILES string of the molecule is COCCOCCOCCOc1ccc(F)c(F)c1C(=O)c1ccc(C(=O)N[C@@H]2CNC[C@@H]2NC(=O)c2ccc3c(c2)CC=C3)cc1. The Morgan fingerprint density at radius 3 is 2.11 bits per heavy atom. The van der Waals surface area contributed by atoms with Crippen LogP contribution in [0.3, 0.4) is 0 Å². The van der Waals surface area contributed by atoms with E-state index < -0.39 is 28.9 Å². The number of fused-ring (bicyclic) bond motifs is 1. The van der Waals surface area contributed by atoms with Gasteiger partial charge < -0.3 is 34.9 Å². The average molecular weight is 650 g/mol. The van der Waals surface area contributed by atoms with Crippen molar-refractivity contribution in [2.75, 3.05) is 59.8 Å². The first-order valence-corrected chi connectivity index (χ1v) is 15.4. The zero-order valence-electron chi connectivity index (χ0n) is 26.0. The number of benzene rings is 3. The number of ketones is 1. The van der Waals surface area contributed by atoms with Crippen molar-refractivity contribution in [2.24, 2.45) is 0 Å². The molecule has 248 valence electrons. The van der Waals surface area contributed by atoms with Gasteiger partial charge in [0.25, 0.3) is 11.8 Å². The van der Waals surface area contributed by atoms with Gasteiger partial charge in [-0.1, -0.05) is 30.4 Å². The number of carbonyl (C=O) groups is 3. The lowest BCUT2D eigenvalue weighted by Gasteiger charge is -2.21. The van der Waals surface area contributed by atoms with Crippen LogP contribution in [0, 0.1) is 11.6 Å². The lowest BCUT2D eigenvalue weighted by atomic mass is 10.00. The fourth-order valence-corrected chi connectivity index (χ4v) is 5.34. The number of allylic oxidation sites excluding steroid dienone is 1. The molecule has 10 nitrogen and oxygen atoms in total. The summed E-state index contributed by atoms with van der Waals surface area (Å²) in [5, 5.41) is 9.13. The van der Waals surface area contributed by atoms with E-state index in [2.05, 4.69) is 22.0 Å². The van der Waals surface area contributed by atoms with E-state index in [-0.39, 0.29) is 48.1 Å². The van der Waals surface area contributed by atoms with Crippen LogP contribution in [-0.4, -0.2) is 89.5 Å². The van der Waals surface area contributed by atoms with E-state index in [1.54, 1.807) is 13.2 Å². The van der Waals surface area contributed by atoms with Crippen LogP contribution in [0.5, 0.6) is 5.75 Å². The molecule has 1 aliphatic heterocycles. The van der Waals surface area contributed by atoms with Crippen LogP contribution >= 0.6 is 0 Å². The maximum Gasteiger partial charge on any atom is 0.251 e. The van der Waals surface area contributed by atoms with E-state index in [1.165, 1.54) is 30.3 Å². The molecule has 3 aromatic rings. The Balaban J connectivity index is 1.16. The minimum Gasteiger partial charge on any atom is -0.490 e. The number of halogens is 2. The molecule has 2 atom stereocenters. The van der Waals surface area contributed by atoms with Crippen molar-refractivity contribution < 1.29 is 42.1 Å². The molecule has 0 bridgehead atoms. The van der Waals surface area contributed by atoms with Gasteiger partial charge in [0.2, 0.25) is 0 Å². The molecule has 0 spiro atoms. The summed E-state index contributed by atoms with van der Waals surface area (Å²) in [4.78, 5) is 39.3. The third-order valence-electron chi connectivity index (χ3n) is 7.87. The van der Waals surface area contributed by atoms with Crippen LogP contribution in [0.15, 0.2) is 60.7 Å². The van der Waals surface area contributed by atoms with Gasteiger partial charge in [-0.05, 0) is 53.9 Å². The smallest absolute Gasteiger partial charge is 0.251 e. The maximum atomic E-state index is 14.9. The van der Waals surface area contributed by atoms with Crippen molar-refractivity contribution >= 4 is 23.7 Å². The highest BCUT2D eigenvalue weighted by molar-refractivity contribution is 6.11. The van der Waals surface area contributed by atoms with Gasteiger partial charge in [0.15, 0.2) is 17.4 Å². The highest BCUT2D eigenvalue weighted by Crippen LogP contribution is 2.27. The number of amides is 2. The van der Waals surface area contributed by atoms with Gasteiger partial charge in [0.05, 0.1) is 45.1 Å². The Hall–Kier alpha value is -4.49. The molecule has 47 heavy (non-hydrogen) atoms. The largest absolute Gasteiger partial charge is 0.490 e. The number of hydrogen-bond acceptors (Lipinski definition) is 8. The first-order chi connectivity index (χ1) is 22.9. The molecule has 0 radical (unpaired) electrons. The molecule has 5 rings (SSSR count). The van der Waals surface area contributed by atoms with Crippen molar-refractivity contribution in [1.29, 1.82) is 0 Å². The lowest BCUT2D eigenvalue weighted by Crippen LogP contribution is -2.51. The van der Waals surface area contributed by atoms with Gasteiger partial charge in [-0.15, -0.1) is 0 Å². The molecule has 1 heterocycles. The molecule has 2 aliphatic rings. The normalized spacial score (nSPS) is 16.6. The third kappa shape index (κ3) is 8.66.